The van der Waals surface area contributed by atoms with Gasteiger partial charge in [-0.3, -0.25) is 4.79 Å². The van der Waals surface area contributed by atoms with Gasteiger partial charge in [-0.1, -0.05) is 31.7 Å². The highest BCUT2D eigenvalue weighted by atomic mass is 32.2. The zero-order chi connectivity index (χ0) is 22.7. The predicted molar refractivity (Wildman–Crippen MR) is 130 cm³/mol. The van der Waals surface area contributed by atoms with Crippen LogP contribution in [0.15, 0.2) is 64.1 Å². The molecule has 3 fully saturated rings. The Balaban J connectivity index is 1.65. The number of rotatable bonds is 3. The summed E-state index contributed by atoms with van der Waals surface area (Å²) >= 11 is 1.74. The van der Waals surface area contributed by atoms with Crippen molar-refractivity contribution in [1.29, 1.82) is 0 Å². The van der Waals surface area contributed by atoms with E-state index in [2.05, 4.69) is 50.1 Å². The van der Waals surface area contributed by atoms with Gasteiger partial charge in [0.25, 0.3) is 0 Å². The molecule has 1 N–H and O–H groups in total. The van der Waals surface area contributed by atoms with Crippen molar-refractivity contribution in [2.24, 2.45) is 17.3 Å². The van der Waals surface area contributed by atoms with Crippen LogP contribution in [-0.4, -0.2) is 29.4 Å². The number of Topliss-reactive ketones (excluding diaryl/α,β-unsaturated/α-hetero) is 1. The van der Waals surface area contributed by atoms with Crippen molar-refractivity contribution >= 4 is 17.5 Å². The van der Waals surface area contributed by atoms with E-state index in [1.165, 1.54) is 27.2 Å². The highest BCUT2D eigenvalue weighted by Gasteiger charge is 2.61. The molecular formula is C28H34O3S. The summed E-state index contributed by atoms with van der Waals surface area (Å²) in [6, 6.07) is 8.74. The van der Waals surface area contributed by atoms with Gasteiger partial charge in [0.15, 0.2) is 0 Å². The third-order valence-corrected chi connectivity index (χ3v) is 9.56. The third-order valence-electron chi connectivity index (χ3n) is 8.82. The van der Waals surface area contributed by atoms with E-state index in [0.29, 0.717) is 37.1 Å². The zero-order valence-corrected chi connectivity index (χ0v) is 20.3. The average molecular weight is 451 g/mol. The molecule has 1 heterocycles. The lowest BCUT2D eigenvalue weighted by atomic mass is 9.61. The van der Waals surface area contributed by atoms with E-state index in [1.54, 1.807) is 11.8 Å². The van der Waals surface area contributed by atoms with Gasteiger partial charge in [0, 0.05) is 23.2 Å². The van der Waals surface area contributed by atoms with Crippen molar-refractivity contribution in [1.82, 2.24) is 0 Å². The van der Waals surface area contributed by atoms with Crippen LogP contribution in [0.3, 0.4) is 0 Å². The highest BCUT2D eigenvalue weighted by molar-refractivity contribution is 7.98. The summed E-state index contributed by atoms with van der Waals surface area (Å²) in [6.45, 7) is 8.87. The second-order valence-corrected chi connectivity index (χ2v) is 11.3. The molecule has 4 heteroatoms. The molecule has 3 nitrogen and oxygen atoms in total. The van der Waals surface area contributed by atoms with Crippen LogP contribution in [0, 0.1) is 17.3 Å². The summed E-state index contributed by atoms with van der Waals surface area (Å²) in [4.78, 5) is 13.5. The lowest BCUT2D eigenvalue weighted by Gasteiger charge is -2.44. The first-order chi connectivity index (χ1) is 15.3. The van der Waals surface area contributed by atoms with Crippen molar-refractivity contribution in [2.75, 3.05) is 12.9 Å². The van der Waals surface area contributed by atoms with E-state index in [9.17, 15) is 9.90 Å². The maximum Gasteiger partial charge on any atom is 0.137 e. The minimum atomic E-state index is -0.905. The van der Waals surface area contributed by atoms with Gasteiger partial charge in [-0.05, 0) is 90.7 Å². The van der Waals surface area contributed by atoms with Gasteiger partial charge in [0.05, 0.1) is 12.2 Å². The number of fused-ring (bicyclic) bond motifs is 4. The van der Waals surface area contributed by atoms with Gasteiger partial charge in [0.1, 0.15) is 11.9 Å². The maximum absolute atomic E-state index is 12.2. The largest absolute Gasteiger partial charge is 0.385 e. The number of allylic oxidation sites excluding steroid dienone is 3. The van der Waals surface area contributed by atoms with Crippen molar-refractivity contribution in [3.8, 4) is 0 Å². The number of benzene rings is 1. The van der Waals surface area contributed by atoms with Crippen molar-refractivity contribution in [2.45, 2.75) is 69.0 Å². The fourth-order valence-electron chi connectivity index (χ4n) is 6.96. The molecule has 4 aliphatic rings. The first kappa shape index (κ1) is 22.2. The van der Waals surface area contributed by atoms with Crippen LogP contribution < -0.4 is 0 Å². The first-order valence-corrected chi connectivity index (χ1v) is 13.1. The smallest absolute Gasteiger partial charge is 0.137 e. The Morgan fingerprint density at radius 2 is 2.00 bits per heavy atom. The third kappa shape index (κ3) is 3.21. The molecule has 32 heavy (non-hydrogen) atoms. The molecule has 1 aromatic carbocycles. The normalized spacial score (nSPS) is 36.7. The molecule has 0 amide bonds. The van der Waals surface area contributed by atoms with Gasteiger partial charge >= 0.3 is 0 Å². The van der Waals surface area contributed by atoms with E-state index >= 15 is 0 Å². The number of hydrogen-bond donors (Lipinski definition) is 1. The van der Waals surface area contributed by atoms with Crippen LogP contribution in [0.2, 0.25) is 0 Å². The Kier molecular flexibility index (Phi) is 5.55. The molecule has 5 rings (SSSR count). The molecular weight excluding hydrogens is 416 g/mol. The fourth-order valence-corrected chi connectivity index (χ4v) is 7.37. The predicted octanol–water partition coefficient (Wildman–Crippen LogP) is 6.20. The summed E-state index contributed by atoms with van der Waals surface area (Å²) in [6.07, 6.45) is 8.93. The maximum atomic E-state index is 12.2. The molecule has 1 aromatic rings. The molecule has 170 valence electrons. The van der Waals surface area contributed by atoms with Crippen LogP contribution in [0.4, 0.5) is 0 Å². The second kappa shape index (κ2) is 8.00. The molecule has 2 saturated carbocycles. The average Bonchev–Trinajstić information content (AvgIpc) is 2.97. The van der Waals surface area contributed by atoms with E-state index in [0.717, 1.165) is 31.3 Å². The topological polar surface area (TPSA) is 46.5 Å². The number of aliphatic hydroxyl groups is 1. The van der Waals surface area contributed by atoms with Crippen molar-refractivity contribution in [3.63, 3.8) is 0 Å². The van der Waals surface area contributed by atoms with Crippen LogP contribution in [0.1, 0.15) is 64.0 Å². The van der Waals surface area contributed by atoms with E-state index in [-0.39, 0.29) is 11.5 Å². The molecule has 0 spiro atoms. The van der Waals surface area contributed by atoms with E-state index in [1.807, 2.05) is 6.92 Å². The summed E-state index contributed by atoms with van der Waals surface area (Å²) in [5.74, 6) is 1.00. The Hall–Kier alpha value is -1.62. The summed E-state index contributed by atoms with van der Waals surface area (Å²) in [5.41, 5.74) is 4.70. The first-order valence-electron chi connectivity index (χ1n) is 11.9. The summed E-state index contributed by atoms with van der Waals surface area (Å²) < 4.78 is 6.79. The standard InChI is InChI=1S/C28H34O3S/c1-17(2)28(30)14-13-24-23-11-7-19-15-20(29)8-12-22(19)25(23)26(31-16-27(24,28)3)18-5-9-21(32-4)10-6-18/h5-7,9-10,23-24,26,30H,1,8,11-16H2,2-4H3/t23?,24?,26-,27+,28-/m1/s1. The van der Waals surface area contributed by atoms with Crippen molar-refractivity contribution in [3.05, 3.63) is 64.8 Å². The molecule has 2 unspecified atom stereocenters. The number of carbonyl (C=O) groups is 1. The second-order valence-electron chi connectivity index (χ2n) is 10.4. The molecule has 0 radical (unpaired) electrons. The molecule has 5 atom stereocenters. The quantitative estimate of drug-likeness (QED) is 0.440. The minimum absolute atomic E-state index is 0.125. The SMILES string of the molecule is C=C(C)[C@]1(O)CCC2C3CC=C4CC(=O)CCC4=C3[C@@H](c3ccc(SC)cc3)OC[C@@]21C. The summed E-state index contributed by atoms with van der Waals surface area (Å²) in [5, 5.41) is 11.8. The van der Waals surface area contributed by atoms with E-state index < -0.39 is 5.60 Å². The molecule has 0 aromatic heterocycles. The molecule has 0 bridgehead atoms. The number of ketones is 1. The van der Waals surface area contributed by atoms with Gasteiger partial charge in [-0.15, -0.1) is 11.8 Å². The van der Waals surface area contributed by atoms with Gasteiger partial charge in [-0.2, -0.15) is 0 Å². The summed E-state index contributed by atoms with van der Waals surface area (Å²) in [7, 11) is 0. The number of thioether (sulfide) groups is 1. The highest BCUT2D eigenvalue weighted by Crippen LogP contribution is 2.62. The Morgan fingerprint density at radius 3 is 2.69 bits per heavy atom. The number of hydrogen-bond acceptors (Lipinski definition) is 4. The minimum Gasteiger partial charge on any atom is -0.385 e. The lowest BCUT2D eigenvalue weighted by molar-refractivity contribution is -0.118. The van der Waals surface area contributed by atoms with Crippen LogP contribution >= 0.6 is 11.8 Å². The Labute approximate surface area is 196 Å². The van der Waals surface area contributed by atoms with Crippen LogP contribution in [0.5, 0.6) is 0 Å². The molecule has 3 aliphatic carbocycles. The van der Waals surface area contributed by atoms with Gasteiger partial charge in [0.2, 0.25) is 0 Å². The molecule has 1 aliphatic heterocycles. The molecule has 1 saturated heterocycles. The van der Waals surface area contributed by atoms with E-state index in [4.69, 9.17) is 4.74 Å². The van der Waals surface area contributed by atoms with Crippen LogP contribution in [0.25, 0.3) is 0 Å². The lowest BCUT2D eigenvalue weighted by Crippen LogP contribution is -2.49. The fraction of sp³-hybridized carbons (Fsp3) is 0.536. The Morgan fingerprint density at radius 1 is 1.25 bits per heavy atom. The van der Waals surface area contributed by atoms with Crippen LogP contribution in [-0.2, 0) is 9.53 Å². The van der Waals surface area contributed by atoms with Crippen molar-refractivity contribution < 1.29 is 14.6 Å². The Bertz CT molecular complexity index is 1020. The van der Waals surface area contributed by atoms with Gasteiger partial charge < -0.3 is 9.84 Å². The zero-order valence-electron chi connectivity index (χ0n) is 19.4. The number of ether oxygens (including phenoxy) is 1. The van der Waals surface area contributed by atoms with Gasteiger partial charge in [-0.25, -0.2) is 0 Å². The number of carbonyl (C=O) groups excluding carboxylic acids is 1. The monoisotopic (exact) mass is 450 g/mol.